The van der Waals surface area contributed by atoms with Gasteiger partial charge in [0.25, 0.3) is 0 Å². The molecule has 5 atom stereocenters. The summed E-state index contributed by atoms with van der Waals surface area (Å²) in [5.74, 6) is 2.05. The van der Waals surface area contributed by atoms with Crippen LogP contribution in [0.2, 0.25) is 0 Å². The molecule has 25 heavy (non-hydrogen) atoms. The summed E-state index contributed by atoms with van der Waals surface area (Å²) in [5.41, 5.74) is 2.70. The molecule has 0 radical (unpaired) electrons. The van der Waals surface area contributed by atoms with Crippen molar-refractivity contribution in [2.45, 2.75) is 56.3 Å². The number of hydrogen-bond acceptors (Lipinski definition) is 5. The lowest BCUT2D eigenvalue weighted by Crippen LogP contribution is -2.66. The van der Waals surface area contributed by atoms with Crippen LogP contribution >= 0.6 is 0 Å². The topological polar surface area (TPSA) is 48.0 Å². The van der Waals surface area contributed by atoms with Crippen LogP contribution in [0.25, 0.3) is 0 Å². The SMILES string of the molecule is COc1ccc2c3c1O[C@H]1[C@H](OC(C)=O)CC[C@H]4[C@@H](C2)N(C)CC[C@@]341. The van der Waals surface area contributed by atoms with E-state index < -0.39 is 0 Å². The van der Waals surface area contributed by atoms with E-state index in [0.29, 0.717) is 12.0 Å². The van der Waals surface area contributed by atoms with Crippen LogP contribution in [0.3, 0.4) is 0 Å². The summed E-state index contributed by atoms with van der Waals surface area (Å²) < 4.78 is 17.9. The van der Waals surface area contributed by atoms with Crippen molar-refractivity contribution in [1.29, 1.82) is 0 Å². The molecule has 4 aliphatic rings. The second-order valence-corrected chi connectivity index (χ2v) is 8.04. The summed E-state index contributed by atoms with van der Waals surface area (Å²) in [6.45, 7) is 2.56. The minimum Gasteiger partial charge on any atom is -0.493 e. The highest BCUT2D eigenvalue weighted by Gasteiger charge is 2.66. The maximum atomic E-state index is 11.7. The van der Waals surface area contributed by atoms with Crippen molar-refractivity contribution in [2.75, 3.05) is 20.7 Å². The van der Waals surface area contributed by atoms with E-state index in [9.17, 15) is 4.79 Å². The minimum absolute atomic E-state index is 0.0347. The van der Waals surface area contributed by atoms with Crippen molar-refractivity contribution in [3.8, 4) is 11.5 Å². The maximum Gasteiger partial charge on any atom is 0.303 e. The van der Waals surface area contributed by atoms with E-state index in [2.05, 4.69) is 18.0 Å². The second-order valence-electron chi connectivity index (χ2n) is 8.04. The Morgan fingerprint density at radius 3 is 2.96 bits per heavy atom. The summed E-state index contributed by atoms with van der Waals surface area (Å²) in [6.07, 6.45) is 3.84. The number of methoxy groups -OCH3 is 1. The van der Waals surface area contributed by atoms with Crippen molar-refractivity contribution >= 4 is 5.97 Å². The van der Waals surface area contributed by atoms with Gasteiger partial charge in [0.1, 0.15) is 12.2 Å². The lowest BCUT2D eigenvalue weighted by molar-refractivity contribution is -0.163. The van der Waals surface area contributed by atoms with Crippen molar-refractivity contribution < 1.29 is 19.0 Å². The molecule has 2 fully saturated rings. The van der Waals surface area contributed by atoms with Crippen LogP contribution in [-0.2, 0) is 21.4 Å². The average molecular weight is 343 g/mol. The van der Waals surface area contributed by atoms with Gasteiger partial charge in [-0.05, 0) is 56.8 Å². The highest BCUT2D eigenvalue weighted by atomic mass is 16.6. The number of esters is 1. The molecule has 1 aromatic carbocycles. The van der Waals surface area contributed by atoms with Crippen LogP contribution in [0, 0.1) is 5.92 Å². The summed E-state index contributed by atoms with van der Waals surface area (Å²) in [7, 11) is 3.94. The lowest BCUT2D eigenvalue weighted by Gasteiger charge is -2.58. The van der Waals surface area contributed by atoms with Gasteiger partial charge in [-0.1, -0.05) is 6.07 Å². The monoisotopic (exact) mass is 343 g/mol. The van der Waals surface area contributed by atoms with Gasteiger partial charge >= 0.3 is 5.97 Å². The zero-order valence-corrected chi connectivity index (χ0v) is 15.1. The Morgan fingerprint density at radius 1 is 1.36 bits per heavy atom. The largest absolute Gasteiger partial charge is 0.493 e. The molecule has 0 aromatic heterocycles. The summed E-state index contributed by atoms with van der Waals surface area (Å²) >= 11 is 0. The summed E-state index contributed by atoms with van der Waals surface area (Å²) in [6, 6.07) is 4.78. The second kappa shape index (κ2) is 5.13. The Labute approximate surface area is 148 Å². The Kier molecular flexibility index (Phi) is 3.18. The fraction of sp³-hybridized carbons (Fsp3) is 0.650. The summed E-state index contributed by atoms with van der Waals surface area (Å²) in [5, 5.41) is 0. The zero-order chi connectivity index (χ0) is 17.3. The molecule has 1 aromatic rings. The van der Waals surface area contributed by atoms with Crippen molar-refractivity contribution in [1.82, 2.24) is 4.90 Å². The molecule has 1 saturated carbocycles. The predicted molar refractivity (Wildman–Crippen MR) is 92.1 cm³/mol. The van der Waals surface area contributed by atoms with Gasteiger partial charge in [0.2, 0.25) is 0 Å². The molecular weight excluding hydrogens is 318 g/mol. The molecule has 5 nitrogen and oxygen atoms in total. The maximum absolute atomic E-state index is 11.7. The van der Waals surface area contributed by atoms with Crippen LogP contribution in [-0.4, -0.2) is 49.8 Å². The minimum atomic E-state index is -0.216. The summed E-state index contributed by atoms with van der Waals surface area (Å²) in [4.78, 5) is 14.2. The molecule has 2 aliphatic heterocycles. The van der Waals surface area contributed by atoms with Gasteiger partial charge < -0.3 is 19.1 Å². The molecule has 1 spiro atoms. The van der Waals surface area contributed by atoms with Crippen molar-refractivity contribution in [3.63, 3.8) is 0 Å². The number of hydrogen-bond donors (Lipinski definition) is 0. The number of benzene rings is 1. The predicted octanol–water partition coefficient (Wildman–Crippen LogP) is 2.30. The van der Waals surface area contributed by atoms with Gasteiger partial charge in [0.05, 0.1) is 7.11 Å². The molecule has 2 aliphatic carbocycles. The number of ether oxygens (including phenoxy) is 3. The molecule has 1 saturated heterocycles. The van der Waals surface area contributed by atoms with Crippen molar-refractivity contribution in [3.05, 3.63) is 23.3 Å². The molecule has 0 unspecified atom stereocenters. The third-order valence-electron chi connectivity index (χ3n) is 7.06. The molecule has 2 bridgehead atoms. The Morgan fingerprint density at radius 2 is 2.20 bits per heavy atom. The molecule has 5 heteroatoms. The fourth-order valence-electron chi connectivity index (χ4n) is 6.17. The molecule has 5 rings (SSSR count). The number of carbonyl (C=O) groups excluding carboxylic acids is 1. The first-order valence-corrected chi connectivity index (χ1v) is 9.30. The fourth-order valence-corrected chi connectivity index (χ4v) is 6.17. The molecular formula is C20H25NO4. The van der Waals surface area contributed by atoms with E-state index in [4.69, 9.17) is 14.2 Å². The molecule has 0 N–H and O–H groups in total. The normalized spacial score (nSPS) is 37.9. The van der Waals surface area contributed by atoms with E-state index in [-0.39, 0.29) is 23.6 Å². The van der Waals surface area contributed by atoms with E-state index >= 15 is 0 Å². The first kappa shape index (κ1) is 15.5. The average Bonchev–Trinajstić information content (AvgIpc) is 2.94. The van der Waals surface area contributed by atoms with Crippen LogP contribution < -0.4 is 9.47 Å². The van der Waals surface area contributed by atoms with Gasteiger partial charge in [-0.2, -0.15) is 0 Å². The van der Waals surface area contributed by atoms with Gasteiger partial charge in [-0.3, -0.25) is 4.79 Å². The van der Waals surface area contributed by atoms with Gasteiger partial charge in [-0.15, -0.1) is 0 Å². The van der Waals surface area contributed by atoms with E-state index in [1.54, 1.807) is 7.11 Å². The lowest BCUT2D eigenvalue weighted by atomic mass is 9.51. The molecule has 2 heterocycles. The number of likely N-dealkylation sites (tertiary alicyclic amines) is 1. The first-order valence-electron chi connectivity index (χ1n) is 9.30. The van der Waals surface area contributed by atoms with E-state index in [1.807, 2.05) is 6.07 Å². The van der Waals surface area contributed by atoms with E-state index in [0.717, 1.165) is 43.7 Å². The van der Waals surface area contributed by atoms with Crippen molar-refractivity contribution in [2.24, 2.45) is 5.92 Å². The third kappa shape index (κ3) is 1.85. The number of likely N-dealkylation sites (N-methyl/N-ethyl adjacent to an activating group) is 1. The third-order valence-corrected chi connectivity index (χ3v) is 7.06. The van der Waals surface area contributed by atoms with Crippen LogP contribution in [0.15, 0.2) is 12.1 Å². The van der Waals surface area contributed by atoms with Gasteiger partial charge in [-0.25, -0.2) is 0 Å². The molecule has 134 valence electrons. The zero-order valence-electron chi connectivity index (χ0n) is 15.1. The highest BCUT2D eigenvalue weighted by molar-refractivity contribution is 5.67. The first-order chi connectivity index (χ1) is 12.1. The van der Waals surface area contributed by atoms with E-state index in [1.165, 1.54) is 18.1 Å². The van der Waals surface area contributed by atoms with Gasteiger partial charge in [0.15, 0.2) is 11.5 Å². The van der Waals surface area contributed by atoms with Crippen LogP contribution in [0.5, 0.6) is 11.5 Å². The number of carbonyl (C=O) groups is 1. The Balaban J connectivity index is 1.71. The number of rotatable bonds is 2. The number of nitrogens with zero attached hydrogens (tertiary/aromatic N) is 1. The Bertz CT molecular complexity index is 747. The van der Waals surface area contributed by atoms with Gasteiger partial charge in [0, 0.05) is 23.9 Å². The number of piperidine rings is 1. The standard InChI is InChI=1S/C20H25NO4/c1-11(22)24-16-7-5-13-14-10-12-4-6-15(23-3)18-17(12)20(13,19(16)25-18)8-9-21(14)2/h4,6,13-14,16,19H,5,7-10H2,1-3H3/t13-,14+,16+,19-,20-/m0/s1. The molecule has 0 amide bonds. The van der Waals surface area contributed by atoms with Crippen LogP contribution in [0.1, 0.15) is 37.3 Å². The Hall–Kier alpha value is -1.75. The smallest absolute Gasteiger partial charge is 0.303 e. The van der Waals surface area contributed by atoms with Crippen LogP contribution in [0.4, 0.5) is 0 Å². The quantitative estimate of drug-likeness (QED) is 0.771. The highest BCUT2D eigenvalue weighted by Crippen LogP contribution is 2.64.